The molecule has 2 aromatic carbocycles. The number of nitrogens with zero attached hydrogens (tertiary/aromatic N) is 1. The van der Waals surface area contributed by atoms with Crippen molar-refractivity contribution in [2.75, 3.05) is 30.4 Å². The van der Waals surface area contributed by atoms with Gasteiger partial charge in [0.05, 0.1) is 7.05 Å². The smallest absolute Gasteiger partial charge is 0.282 e. The van der Waals surface area contributed by atoms with Crippen LogP contribution >= 0.6 is 0 Å². The number of para-hydroxylation sites is 1. The van der Waals surface area contributed by atoms with Gasteiger partial charge in [0.2, 0.25) is 0 Å². The van der Waals surface area contributed by atoms with Crippen LogP contribution in [0.15, 0.2) is 48.5 Å². The quantitative estimate of drug-likeness (QED) is 0.740. The van der Waals surface area contributed by atoms with Gasteiger partial charge >= 0.3 is 0 Å². The lowest BCUT2D eigenvalue weighted by molar-refractivity contribution is -0.862. The van der Waals surface area contributed by atoms with Crippen LogP contribution < -0.4 is 15.1 Å². The number of carbonyl (C=O) groups is 2. The Morgan fingerprint density at radius 3 is 2.40 bits per heavy atom. The molecule has 1 aliphatic carbocycles. The molecule has 0 saturated heterocycles. The van der Waals surface area contributed by atoms with E-state index >= 15 is 0 Å². The Labute approximate surface area is 180 Å². The van der Waals surface area contributed by atoms with Gasteiger partial charge in [-0.3, -0.25) is 9.59 Å². The van der Waals surface area contributed by atoms with Crippen LogP contribution in [-0.2, 0) is 9.59 Å². The summed E-state index contributed by atoms with van der Waals surface area (Å²) in [5.74, 6) is 0.0167. The van der Waals surface area contributed by atoms with E-state index in [2.05, 4.69) is 5.32 Å². The van der Waals surface area contributed by atoms with Gasteiger partial charge in [-0.15, -0.1) is 0 Å². The van der Waals surface area contributed by atoms with Gasteiger partial charge in [-0.25, -0.2) is 0 Å². The zero-order valence-corrected chi connectivity index (χ0v) is 18.4. The molecule has 0 spiro atoms. The van der Waals surface area contributed by atoms with Crippen molar-refractivity contribution >= 4 is 23.2 Å². The van der Waals surface area contributed by atoms with E-state index in [1.54, 1.807) is 0 Å². The molecular formula is C25H34N3O2+. The fourth-order valence-electron chi connectivity index (χ4n) is 4.23. The maximum Gasteiger partial charge on any atom is 0.282 e. The van der Waals surface area contributed by atoms with Crippen LogP contribution in [0.25, 0.3) is 0 Å². The minimum Gasteiger partial charge on any atom is -0.322 e. The molecule has 2 N–H and O–H groups in total. The van der Waals surface area contributed by atoms with Gasteiger partial charge in [-0.2, -0.15) is 0 Å². The predicted molar refractivity (Wildman–Crippen MR) is 122 cm³/mol. The number of likely N-dealkylation sites (N-methyl/N-ethyl adjacent to an activating group) is 1. The van der Waals surface area contributed by atoms with Crippen molar-refractivity contribution < 1.29 is 14.5 Å². The number of rotatable bonds is 7. The highest BCUT2D eigenvalue weighted by molar-refractivity contribution is 5.95. The van der Waals surface area contributed by atoms with Crippen LogP contribution in [0.5, 0.6) is 0 Å². The van der Waals surface area contributed by atoms with E-state index in [4.69, 9.17) is 0 Å². The molecule has 1 unspecified atom stereocenters. The second-order valence-corrected chi connectivity index (χ2v) is 8.57. The number of aryl methyl sites for hydroxylation is 2. The highest BCUT2D eigenvalue weighted by Crippen LogP contribution is 2.27. The lowest BCUT2D eigenvalue weighted by Crippen LogP contribution is -3.11. The molecule has 30 heavy (non-hydrogen) atoms. The summed E-state index contributed by atoms with van der Waals surface area (Å²) in [6.07, 6.45) is 5.68. The van der Waals surface area contributed by atoms with Crippen molar-refractivity contribution in [1.29, 1.82) is 0 Å². The van der Waals surface area contributed by atoms with E-state index in [0.717, 1.165) is 40.2 Å². The molecule has 0 bridgehead atoms. The first-order valence-electron chi connectivity index (χ1n) is 11.0. The average molecular weight is 409 g/mol. The summed E-state index contributed by atoms with van der Waals surface area (Å²) in [6.45, 7) is 4.55. The Bertz CT molecular complexity index is 860. The monoisotopic (exact) mass is 408 g/mol. The van der Waals surface area contributed by atoms with E-state index in [1.807, 2.05) is 74.3 Å². The Hall–Kier alpha value is -2.66. The van der Waals surface area contributed by atoms with Gasteiger partial charge in [0, 0.05) is 17.4 Å². The Morgan fingerprint density at radius 2 is 1.70 bits per heavy atom. The van der Waals surface area contributed by atoms with Crippen LogP contribution in [-0.4, -0.2) is 38.0 Å². The molecule has 2 amide bonds. The van der Waals surface area contributed by atoms with E-state index in [9.17, 15) is 9.59 Å². The van der Waals surface area contributed by atoms with Gasteiger partial charge < -0.3 is 15.1 Å². The standard InChI is InChI=1S/C25H33N3O2/c1-19-14-15-20(2)23(16-19)26-24(29)17-27(3)18-25(30)28(21-10-6-4-7-11-21)22-12-8-5-9-13-22/h4,6-7,10-11,14-16,22H,5,8-9,12-13,17-18H2,1-3H3,(H,26,29)/p+1. The van der Waals surface area contributed by atoms with Crippen LogP contribution in [0.3, 0.4) is 0 Å². The molecule has 1 fully saturated rings. The lowest BCUT2D eigenvalue weighted by Gasteiger charge is -2.34. The SMILES string of the molecule is Cc1ccc(C)c(NC(=O)C[NH+](C)CC(=O)N(c2ccccc2)C2CCCCC2)c1. The van der Waals surface area contributed by atoms with Crippen molar-refractivity contribution in [3.05, 3.63) is 59.7 Å². The largest absolute Gasteiger partial charge is 0.322 e. The molecule has 160 valence electrons. The summed E-state index contributed by atoms with van der Waals surface area (Å²) in [4.78, 5) is 28.7. The van der Waals surface area contributed by atoms with Gasteiger partial charge in [-0.05, 0) is 56.0 Å². The molecule has 1 atom stereocenters. The third-order valence-corrected chi connectivity index (χ3v) is 5.83. The first kappa shape index (κ1) is 22.0. The summed E-state index contributed by atoms with van der Waals surface area (Å²) in [7, 11) is 1.91. The minimum absolute atomic E-state index is 0.0714. The Balaban J connectivity index is 1.63. The van der Waals surface area contributed by atoms with Crippen molar-refractivity contribution in [1.82, 2.24) is 0 Å². The summed E-state index contributed by atoms with van der Waals surface area (Å²) in [6, 6.07) is 16.2. The fourth-order valence-corrected chi connectivity index (χ4v) is 4.23. The van der Waals surface area contributed by atoms with Crippen molar-refractivity contribution in [3.8, 4) is 0 Å². The topological polar surface area (TPSA) is 53.9 Å². The Kier molecular flexibility index (Phi) is 7.63. The second-order valence-electron chi connectivity index (χ2n) is 8.57. The van der Waals surface area contributed by atoms with Gasteiger partial charge in [0.15, 0.2) is 13.1 Å². The zero-order chi connectivity index (χ0) is 21.5. The molecule has 0 heterocycles. The van der Waals surface area contributed by atoms with Crippen LogP contribution in [0.1, 0.15) is 43.2 Å². The highest BCUT2D eigenvalue weighted by Gasteiger charge is 2.29. The molecule has 5 nitrogen and oxygen atoms in total. The van der Waals surface area contributed by atoms with E-state index in [1.165, 1.54) is 19.3 Å². The maximum atomic E-state index is 13.3. The third-order valence-electron chi connectivity index (χ3n) is 5.83. The highest BCUT2D eigenvalue weighted by atomic mass is 16.2. The number of carbonyl (C=O) groups excluding carboxylic acids is 2. The first-order chi connectivity index (χ1) is 14.4. The molecule has 0 aromatic heterocycles. The van der Waals surface area contributed by atoms with Crippen LogP contribution in [0.2, 0.25) is 0 Å². The van der Waals surface area contributed by atoms with Crippen molar-refractivity contribution in [2.24, 2.45) is 0 Å². The fraction of sp³-hybridized carbons (Fsp3) is 0.440. The molecule has 1 aliphatic rings. The minimum atomic E-state index is -0.0714. The number of anilines is 2. The van der Waals surface area contributed by atoms with Crippen LogP contribution in [0.4, 0.5) is 11.4 Å². The summed E-state index contributed by atoms with van der Waals surface area (Å²) < 4.78 is 0. The lowest BCUT2D eigenvalue weighted by atomic mass is 9.93. The number of benzene rings is 2. The number of hydrogen-bond acceptors (Lipinski definition) is 2. The van der Waals surface area contributed by atoms with Crippen molar-refractivity contribution in [2.45, 2.75) is 52.0 Å². The molecule has 2 aromatic rings. The molecular weight excluding hydrogens is 374 g/mol. The van der Waals surface area contributed by atoms with Gasteiger partial charge in [-0.1, -0.05) is 49.6 Å². The van der Waals surface area contributed by atoms with E-state index in [0.29, 0.717) is 6.54 Å². The molecule has 0 aliphatic heterocycles. The van der Waals surface area contributed by atoms with Crippen LogP contribution in [0, 0.1) is 13.8 Å². The number of amides is 2. The third kappa shape index (κ3) is 5.92. The summed E-state index contributed by atoms with van der Waals surface area (Å²) in [5, 5.41) is 2.99. The first-order valence-corrected chi connectivity index (χ1v) is 11.0. The molecule has 3 rings (SSSR count). The number of nitrogens with one attached hydrogen (secondary N) is 2. The zero-order valence-electron chi connectivity index (χ0n) is 18.4. The second kappa shape index (κ2) is 10.4. The van der Waals surface area contributed by atoms with Gasteiger partial charge in [0.1, 0.15) is 0 Å². The predicted octanol–water partition coefficient (Wildman–Crippen LogP) is 3.12. The van der Waals surface area contributed by atoms with Gasteiger partial charge in [0.25, 0.3) is 11.8 Å². The number of hydrogen-bond donors (Lipinski definition) is 2. The average Bonchev–Trinajstić information content (AvgIpc) is 2.72. The normalized spacial score (nSPS) is 15.4. The number of quaternary nitrogens is 1. The van der Waals surface area contributed by atoms with E-state index < -0.39 is 0 Å². The van der Waals surface area contributed by atoms with Crippen molar-refractivity contribution in [3.63, 3.8) is 0 Å². The molecule has 5 heteroatoms. The molecule has 0 radical (unpaired) electrons. The van der Waals surface area contributed by atoms with E-state index in [-0.39, 0.29) is 24.4 Å². The molecule has 1 saturated carbocycles. The summed E-state index contributed by atoms with van der Waals surface area (Å²) >= 11 is 0. The summed E-state index contributed by atoms with van der Waals surface area (Å²) in [5.41, 5.74) is 3.95. The maximum absolute atomic E-state index is 13.3. The Morgan fingerprint density at radius 1 is 1.00 bits per heavy atom.